The number of para-hydroxylation sites is 1. The first kappa shape index (κ1) is 11.6. The second-order valence-corrected chi connectivity index (χ2v) is 10.1. The summed E-state index contributed by atoms with van der Waals surface area (Å²) in [7, 11) is 0. The van der Waals surface area contributed by atoms with Gasteiger partial charge in [0.15, 0.2) is 2.14 Å². The van der Waals surface area contributed by atoms with Gasteiger partial charge in [-0.25, -0.2) is 4.98 Å². The molecule has 0 atom stereocenters. The highest BCUT2D eigenvalue weighted by Gasteiger charge is 2.22. The first-order chi connectivity index (χ1) is 6.98. The smallest absolute Gasteiger partial charge is 0.176 e. The van der Waals surface area contributed by atoms with E-state index in [0.717, 1.165) is 16.6 Å². The van der Waals surface area contributed by atoms with E-state index in [0.29, 0.717) is 0 Å². The maximum Gasteiger partial charge on any atom is 0.176 e. The zero-order valence-corrected chi connectivity index (χ0v) is 12.7. The van der Waals surface area contributed by atoms with Crippen LogP contribution < -0.4 is 0 Å². The van der Waals surface area contributed by atoms with Crippen LogP contribution in [0.1, 0.15) is 11.3 Å². The molecular formula is C11H8Br3N. The molecule has 2 rings (SSSR count). The van der Waals surface area contributed by atoms with E-state index in [1.807, 2.05) is 12.1 Å². The van der Waals surface area contributed by atoms with Gasteiger partial charge < -0.3 is 0 Å². The van der Waals surface area contributed by atoms with Gasteiger partial charge in [-0.1, -0.05) is 72.1 Å². The number of hydrogen-bond donors (Lipinski definition) is 0. The zero-order chi connectivity index (χ0) is 11.1. The van der Waals surface area contributed by atoms with Crippen LogP contribution >= 0.6 is 47.8 Å². The minimum absolute atomic E-state index is 0.441. The Balaban J connectivity index is 2.70. The third-order valence-corrected chi connectivity index (χ3v) is 3.43. The summed E-state index contributed by atoms with van der Waals surface area (Å²) >= 11 is 10.4. The summed E-state index contributed by atoms with van der Waals surface area (Å²) < 4.78 is -0.441. The first-order valence-electron chi connectivity index (χ1n) is 4.42. The highest BCUT2D eigenvalue weighted by molar-refractivity contribution is 9.38. The number of alkyl halides is 3. The Morgan fingerprint density at radius 2 is 1.80 bits per heavy atom. The second kappa shape index (κ2) is 4.15. The van der Waals surface area contributed by atoms with Gasteiger partial charge in [-0.05, 0) is 18.6 Å². The van der Waals surface area contributed by atoms with E-state index in [-0.39, 0.29) is 0 Å². The van der Waals surface area contributed by atoms with Crippen molar-refractivity contribution in [2.45, 2.75) is 9.07 Å². The molecule has 0 spiro atoms. The minimum Gasteiger partial charge on any atom is -0.249 e. The van der Waals surface area contributed by atoms with Crippen molar-refractivity contribution >= 4 is 58.7 Å². The van der Waals surface area contributed by atoms with Crippen molar-refractivity contribution in [3.63, 3.8) is 0 Å². The number of nitrogens with zero attached hydrogens (tertiary/aromatic N) is 1. The quantitative estimate of drug-likeness (QED) is 0.584. The van der Waals surface area contributed by atoms with Crippen LogP contribution in [-0.4, -0.2) is 4.98 Å². The highest BCUT2D eigenvalue weighted by Crippen LogP contribution is 2.43. The van der Waals surface area contributed by atoms with E-state index in [1.165, 1.54) is 5.56 Å². The lowest BCUT2D eigenvalue weighted by Crippen LogP contribution is -2.01. The molecule has 1 aromatic heterocycles. The molecule has 0 N–H and O–H groups in total. The van der Waals surface area contributed by atoms with Crippen LogP contribution in [0.15, 0.2) is 30.3 Å². The Bertz CT molecular complexity index is 503. The van der Waals surface area contributed by atoms with E-state index in [9.17, 15) is 0 Å². The fraction of sp³-hybridized carbons (Fsp3) is 0.182. The molecule has 0 saturated carbocycles. The molecule has 0 aliphatic heterocycles. The van der Waals surface area contributed by atoms with Crippen LogP contribution in [0, 0.1) is 6.92 Å². The van der Waals surface area contributed by atoms with Gasteiger partial charge in [-0.3, -0.25) is 0 Å². The van der Waals surface area contributed by atoms with Crippen molar-refractivity contribution in [3.05, 3.63) is 41.6 Å². The van der Waals surface area contributed by atoms with Crippen molar-refractivity contribution in [1.82, 2.24) is 4.98 Å². The molecule has 0 unspecified atom stereocenters. The highest BCUT2D eigenvalue weighted by atomic mass is 80.0. The number of aryl methyl sites for hydroxylation is 1. The number of fused-ring (bicyclic) bond motifs is 1. The van der Waals surface area contributed by atoms with Crippen molar-refractivity contribution in [1.29, 1.82) is 0 Å². The zero-order valence-electron chi connectivity index (χ0n) is 7.97. The molecular weight excluding hydrogens is 386 g/mol. The van der Waals surface area contributed by atoms with E-state index < -0.39 is 2.14 Å². The predicted octanol–water partition coefficient (Wildman–Crippen LogP) is 4.84. The van der Waals surface area contributed by atoms with Crippen LogP contribution in [0.2, 0.25) is 0 Å². The van der Waals surface area contributed by atoms with Crippen LogP contribution in [0.25, 0.3) is 10.9 Å². The number of benzene rings is 1. The molecule has 0 fully saturated rings. The Kier molecular flexibility index (Phi) is 3.20. The maximum atomic E-state index is 4.61. The Morgan fingerprint density at radius 1 is 1.07 bits per heavy atom. The Hall–Kier alpha value is 0.0700. The minimum atomic E-state index is -0.441. The summed E-state index contributed by atoms with van der Waals surface area (Å²) in [6.45, 7) is 2.07. The summed E-state index contributed by atoms with van der Waals surface area (Å²) in [4.78, 5) is 4.61. The average Bonchev–Trinajstić information content (AvgIpc) is 2.16. The SMILES string of the molecule is Cc1cccc2ccc(C(Br)(Br)Br)nc12. The predicted molar refractivity (Wildman–Crippen MR) is 74.9 cm³/mol. The topological polar surface area (TPSA) is 12.9 Å². The fourth-order valence-electron chi connectivity index (χ4n) is 1.45. The van der Waals surface area contributed by atoms with Crippen molar-refractivity contribution in [2.75, 3.05) is 0 Å². The standard InChI is InChI=1S/C11H8Br3N/c1-7-3-2-4-8-5-6-9(11(12,13)14)15-10(7)8/h2-6H,1H3. The van der Waals surface area contributed by atoms with E-state index >= 15 is 0 Å². The van der Waals surface area contributed by atoms with Crippen LogP contribution in [0.4, 0.5) is 0 Å². The molecule has 0 saturated heterocycles. The van der Waals surface area contributed by atoms with E-state index in [4.69, 9.17) is 0 Å². The second-order valence-electron chi connectivity index (χ2n) is 3.34. The van der Waals surface area contributed by atoms with E-state index in [1.54, 1.807) is 0 Å². The summed E-state index contributed by atoms with van der Waals surface area (Å²) in [5.74, 6) is 0. The van der Waals surface area contributed by atoms with Gasteiger partial charge in [0.1, 0.15) is 0 Å². The van der Waals surface area contributed by atoms with E-state index in [2.05, 4.69) is 77.9 Å². The number of halogens is 3. The lowest BCUT2D eigenvalue weighted by atomic mass is 10.1. The Labute approximate surface area is 114 Å². The average molecular weight is 394 g/mol. The number of hydrogen-bond acceptors (Lipinski definition) is 1. The van der Waals surface area contributed by atoms with Crippen LogP contribution in [0.3, 0.4) is 0 Å². The molecule has 78 valence electrons. The van der Waals surface area contributed by atoms with Crippen LogP contribution in [0.5, 0.6) is 0 Å². The molecule has 1 aromatic carbocycles. The molecule has 0 aliphatic carbocycles. The monoisotopic (exact) mass is 391 g/mol. The van der Waals surface area contributed by atoms with Crippen LogP contribution in [-0.2, 0) is 2.14 Å². The first-order valence-corrected chi connectivity index (χ1v) is 6.80. The molecule has 2 aromatic rings. The number of pyridine rings is 1. The summed E-state index contributed by atoms with van der Waals surface area (Å²) in [6.07, 6.45) is 0. The van der Waals surface area contributed by atoms with Gasteiger partial charge in [-0.15, -0.1) is 0 Å². The number of aromatic nitrogens is 1. The molecule has 0 bridgehead atoms. The molecule has 0 aliphatic rings. The molecule has 1 heterocycles. The van der Waals surface area contributed by atoms with Gasteiger partial charge in [0, 0.05) is 5.39 Å². The molecule has 0 radical (unpaired) electrons. The summed E-state index contributed by atoms with van der Waals surface area (Å²) in [5, 5.41) is 1.16. The normalized spacial score (nSPS) is 12.0. The largest absolute Gasteiger partial charge is 0.249 e. The lowest BCUT2D eigenvalue weighted by molar-refractivity contribution is 1.19. The van der Waals surface area contributed by atoms with Crippen molar-refractivity contribution < 1.29 is 0 Å². The lowest BCUT2D eigenvalue weighted by Gasteiger charge is -2.12. The van der Waals surface area contributed by atoms with Gasteiger partial charge in [0.05, 0.1) is 11.2 Å². The molecule has 15 heavy (non-hydrogen) atoms. The van der Waals surface area contributed by atoms with Crippen molar-refractivity contribution in [3.8, 4) is 0 Å². The molecule has 1 nitrogen and oxygen atoms in total. The van der Waals surface area contributed by atoms with Gasteiger partial charge >= 0.3 is 0 Å². The third kappa shape index (κ3) is 2.43. The molecule has 0 amide bonds. The summed E-state index contributed by atoms with van der Waals surface area (Å²) in [6, 6.07) is 10.2. The van der Waals surface area contributed by atoms with Crippen molar-refractivity contribution in [2.24, 2.45) is 0 Å². The fourth-order valence-corrected chi connectivity index (χ4v) is 2.12. The maximum absolute atomic E-state index is 4.61. The third-order valence-electron chi connectivity index (χ3n) is 2.21. The molecule has 4 heteroatoms. The van der Waals surface area contributed by atoms with Gasteiger partial charge in [0.2, 0.25) is 0 Å². The Morgan fingerprint density at radius 3 is 2.47 bits per heavy atom. The van der Waals surface area contributed by atoms with Gasteiger partial charge in [0.25, 0.3) is 0 Å². The summed E-state index contributed by atoms with van der Waals surface area (Å²) in [5.41, 5.74) is 3.13. The number of rotatable bonds is 0. The van der Waals surface area contributed by atoms with Gasteiger partial charge in [-0.2, -0.15) is 0 Å².